The number of fused-ring (bicyclic) bond motifs is 3. The van der Waals surface area contributed by atoms with E-state index in [-0.39, 0.29) is 10.4 Å². The summed E-state index contributed by atoms with van der Waals surface area (Å²) in [5.74, 6) is 0.427. The van der Waals surface area contributed by atoms with Crippen molar-refractivity contribution in [1.82, 2.24) is 19.6 Å². The fraction of sp³-hybridized carbons (Fsp3) is 0.154. The van der Waals surface area contributed by atoms with Crippen LogP contribution in [0.1, 0.15) is 18.4 Å². The van der Waals surface area contributed by atoms with Crippen molar-refractivity contribution in [3.63, 3.8) is 0 Å². The van der Waals surface area contributed by atoms with Crippen LogP contribution in [-0.4, -0.2) is 26.6 Å². The van der Waals surface area contributed by atoms with E-state index in [4.69, 9.17) is 11.6 Å². The lowest BCUT2D eigenvalue weighted by molar-refractivity contribution is 0.630. The van der Waals surface area contributed by atoms with Gasteiger partial charge in [-0.05, 0) is 53.8 Å². The molecule has 0 atom stereocenters. The molecule has 166 valence electrons. The average molecular weight is 469 g/mol. The van der Waals surface area contributed by atoms with E-state index in [1.165, 1.54) is 12.4 Å². The largest absolute Gasteiger partial charge is 0.329 e. The summed E-state index contributed by atoms with van der Waals surface area (Å²) < 4.78 is 16.1. The maximum absolute atomic E-state index is 14.4. The molecular formula is C26H18ClFN6. The van der Waals surface area contributed by atoms with E-state index in [9.17, 15) is 9.65 Å². The highest BCUT2D eigenvalue weighted by Crippen LogP contribution is 2.47. The molecule has 3 aromatic carbocycles. The van der Waals surface area contributed by atoms with Crippen LogP contribution in [-0.2, 0) is 5.41 Å². The number of nitriles is 1. The molecule has 8 heteroatoms. The summed E-state index contributed by atoms with van der Waals surface area (Å²) in [6, 6.07) is 21.6. The van der Waals surface area contributed by atoms with Crippen molar-refractivity contribution in [3.05, 3.63) is 83.4 Å². The zero-order chi connectivity index (χ0) is 23.4. The summed E-state index contributed by atoms with van der Waals surface area (Å²) in [6.07, 6.45) is 3.38. The van der Waals surface area contributed by atoms with Crippen LogP contribution in [0, 0.1) is 17.1 Å². The highest BCUT2D eigenvalue weighted by Gasteiger charge is 2.44. The molecular weight excluding hydrogens is 451 g/mol. The van der Waals surface area contributed by atoms with Crippen LogP contribution in [0.3, 0.4) is 0 Å². The standard InChI is InChI=1S/C26H18ClFN6/c1-33(24-20-12-22(28)21(27)13-23(20)34-15-30-32-25(34)31-24)19-4-2-3-17(11-19)16-5-7-18(8-6-16)26(14-29)9-10-26/h2-8,11-13,15H,9-10H2,1H3. The number of anilines is 2. The van der Waals surface area contributed by atoms with Crippen molar-refractivity contribution in [2.45, 2.75) is 18.3 Å². The Hall–Kier alpha value is -4.02. The SMILES string of the molecule is CN(c1cccc(-c2ccc(C3(C#N)CC3)cc2)c1)c1nc2nncn2c2cc(Cl)c(F)cc12. The molecule has 34 heavy (non-hydrogen) atoms. The number of aromatic nitrogens is 4. The summed E-state index contributed by atoms with van der Waals surface area (Å²) in [5, 5.41) is 18.1. The maximum Gasteiger partial charge on any atom is 0.257 e. The molecule has 2 heterocycles. The van der Waals surface area contributed by atoms with Gasteiger partial charge in [0, 0.05) is 18.1 Å². The molecule has 2 aromatic heterocycles. The van der Waals surface area contributed by atoms with E-state index in [0.717, 1.165) is 35.2 Å². The summed E-state index contributed by atoms with van der Waals surface area (Å²) in [7, 11) is 1.88. The fourth-order valence-corrected chi connectivity index (χ4v) is 4.55. The van der Waals surface area contributed by atoms with Gasteiger partial charge in [-0.1, -0.05) is 48.0 Å². The van der Waals surface area contributed by atoms with Gasteiger partial charge in [-0.15, -0.1) is 10.2 Å². The minimum absolute atomic E-state index is 0.0251. The highest BCUT2D eigenvalue weighted by atomic mass is 35.5. The third-order valence-electron chi connectivity index (χ3n) is 6.56. The molecule has 0 aliphatic heterocycles. The first kappa shape index (κ1) is 20.6. The predicted molar refractivity (Wildman–Crippen MR) is 130 cm³/mol. The smallest absolute Gasteiger partial charge is 0.257 e. The van der Waals surface area contributed by atoms with Crippen LogP contribution in [0.25, 0.3) is 27.8 Å². The second kappa shape index (κ2) is 7.51. The number of halogens is 2. The quantitative estimate of drug-likeness (QED) is 0.320. The molecule has 1 saturated carbocycles. The molecule has 1 aliphatic carbocycles. The molecule has 6 nitrogen and oxygen atoms in total. The Balaban J connectivity index is 1.42. The predicted octanol–water partition coefficient (Wildman–Crippen LogP) is 6.06. The first-order valence-electron chi connectivity index (χ1n) is 10.8. The number of hydrogen-bond acceptors (Lipinski definition) is 5. The van der Waals surface area contributed by atoms with Crippen molar-refractivity contribution in [2.24, 2.45) is 0 Å². The van der Waals surface area contributed by atoms with Gasteiger partial charge in [0.2, 0.25) is 0 Å². The summed E-state index contributed by atoms with van der Waals surface area (Å²) in [6.45, 7) is 0. The Kier molecular flexibility index (Phi) is 4.54. The summed E-state index contributed by atoms with van der Waals surface area (Å²) in [4.78, 5) is 6.54. The molecule has 5 aromatic rings. The van der Waals surface area contributed by atoms with Crippen LogP contribution < -0.4 is 4.90 Å². The van der Waals surface area contributed by atoms with E-state index >= 15 is 0 Å². The lowest BCUT2D eigenvalue weighted by atomic mass is 9.95. The van der Waals surface area contributed by atoms with Crippen LogP contribution in [0.15, 0.2) is 67.0 Å². The molecule has 0 amide bonds. The van der Waals surface area contributed by atoms with Gasteiger partial charge in [-0.25, -0.2) is 4.39 Å². The highest BCUT2D eigenvalue weighted by molar-refractivity contribution is 6.31. The fourth-order valence-electron chi connectivity index (χ4n) is 4.39. The first-order chi connectivity index (χ1) is 16.5. The number of rotatable bonds is 4. The Morgan fingerprint density at radius 2 is 1.88 bits per heavy atom. The van der Waals surface area contributed by atoms with Crippen molar-refractivity contribution in [2.75, 3.05) is 11.9 Å². The molecule has 0 spiro atoms. The molecule has 0 bridgehead atoms. The van der Waals surface area contributed by atoms with Crippen molar-refractivity contribution in [3.8, 4) is 17.2 Å². The summed E-state index contributed by atoms with van der Waals surface area (Å²) >= 11 is 6.06. The van der Waals surface area contributed by atoms with Gasteiger partial charge in [-0.2, -0.15) is 10.2 Å². The Morgan fingerprint density at radius 1 is 1.09 bits per heavy atom. The van der Waals surface area contributed by atoms with Crippen LogP contribution in [0.2, 0.25) is 5.02 Å². The molecule has 0 saturated heterocycles. The Bertz CT molecular complexity index is 1620. The molecule has 0 N–H and O–H groups in total. The summed E-state index contributed by atoms with van der Waals surface area (Å²) in [5.41, 5.74) is 4.40. The molecule has 1 fully saturated rings. The van der Waals surface area contributed by atoms with Crippen LogP contribution in [0.4, 0.5) is 15.9 Å². The number of benzene rings is 3. The molecule has 6 rings (SSSR count). The van der Waals surface area contributed by atoms with E-state index in [1.807, 2.05) is 42.3 Å². The topological polar surface area (TPSA) is 70.1 Å². The van der Waals surface area contributed by atoms with Crippen LogP contribution in [0.5, 0.6) is 0 Å². The Morgan fingerprint density at radius 3 is 2.62 bits per heavy atom. The second-order valence-corrected chi connectivity index (χ2v) is 9.01. The average Bonchev–Trinajstić information content (AvgIpc) is 3.53. The van der Waals surface area contributed by atoms with Crippen LogP contribution >= 0.6 is 11.6 Å². The van der Waals surface area contributed by atoms with Gasteiger partial charge in [0.15, 0.2) is 0 Å². The normalized spacial score (nSPS) is 14.3. The third-order valence-corrected chi connectivity index (χ3v) is 6.85. The van der Waals surface area contributed by atoms with Gasteiger partial charge in [0.25, 0.3) is 5.78 Å². The van der Waals surface area contributed by atoms with E-state index in [0.29, 0.717) is 22.5 Å². The van der Waals surface area contributed by atoms with E-state index in [1.54, 1.807) is 10.5 Å². The number of hydrogen-bond donors (Lipinski definition) is 0. The van der Waals surface area contributed by atoms with Crippen molar-refractivity contribution in [1.29, 1.82) is 5.26 Å². The third kappa shape index (κ3) is 3.18. The minimum Gasteiger partial charge on any atom is -0.329 e. The molecule has 0 unspecified atom stereocenters. The lowest BCUT2D eigenvalue weighted by Crippen LogP contribution is -2.13. The zero-order valence-electron chi connectivity index (χ0n) is 18.2. The Labute approximate surface area is 199 Å². The van der Waals surface area contributed by atoms with Crippen molar-refractivity contribution >= 4 is 39.8 Å². The minimum atomic E-state index is -0.516. The van der Waals surface area contributed by atoms with E-state index < -0.39 is 5.82 Å². The molecule has 1 aliphatic rings. The van der Waals surface area contributed by atoms with E-state index in [2.05, 4.69) is 39.4 Å². The molecule has 0 radical (unpaired) electrons. The van der Waals surface area contributed by atoms with Gasteiger partial charge < -0.3 is 4.90 Å². The van der Waals surface area contributed by atoms with Gasteiger partial charge >= 0.3 is 0 Å². The second-order valence-electron chi connectivity index (χ2n) is 8.60. The first-order valence-corrected chi connectivity index (χ1v) is 11.2. The van der Waals surface area contributed by atoms with Gasteiger partial charge in [0.1, 0.15) is 18.0 Å². The van der Waals surface area contributed by atoms with Gasteiger partial charge in [0.05, 0.1) is 22.0 Å². The number of nitrogens with zero attached hydrogens (tertiary/aromatic N) is 6. The monoisotopic (exact) mass is 468 g/mol. The van der Waals surface area contributed by atoms with Gasteiger partial charge in [-0.3, -0.25) is 4.40 Å². The lowest BCUT2D eigenvalue weighted by Gasteiger charge is -2.21. The zero-order valence-corrected chi connectivity index (χ0v) is 19.0. The van der Waals surface area contributed by atoms with Crippen molar-refractivity contribution < 1.29 is 4.39 Å². The maximum atomic E-state index is 14.4.